The van der Waals surface area contributed by atoms with Crippen LogP contribution >= 0.6 is 23.2 Å². The van der Waals surface area contributed by atoms with Gasteiger partial charge in [-0.25, -0.2) is 9.97 Å². The van der Waals surface area contributed by atoms with Crippen LogP contribution in [0.3, 0.4) is 0 Å². The summed E-state index contributed by atoms with van der Waals surface area (Å²) < 4.78 is 24.2. The number of nitriles is 2. The zero-order valence-corrected chi connectivity index (χ0v) is 29.9. The van der Waals surface area contributed by atoms with Gasteiger partial charge in [-0.1, -0.05) is 83.9 Å². The predicted molar refractivity (Wildman–Crippen MR) is 203 cm³/mol. The van der Waals surface area contributed by atoms with Gasteiger partial charge in [-0.15, -0.1) is 0 Å². The lowest BCUT2D eigenvalue weighted by Gasteiger charge is -2.18. The number of pyridine rings is 2. The van der Waals surface area contributed by atoms with Crippen LogP contribution in [0.15, 0.2) is 109 Å². The quantitative estimate of drug-likeness (QED) is 0.108. The Labute approximate surface area is 312 Å². The van der Waals surface area contributed by atoms with Gasteiger partial charge in [-0.2, -0.15) is 10.5 Å². The molecule has 8 nitrogen and oxygen atoms in total. The van der Waals surface area contributed by atoms with Crippen molar-refractivity contribution in [3.05, 3.63) is 130 Å². The third-order valence-electron chi connectivity index (χ3n) is 7.98. The first-order valence-corrected chi connectivity index (χ1v) is 17.3. The number of ether oxygens (including phenoxy) is 4. The van der Waals surface area contributed by atoms with E-state index in [1.165, 1.54) is 0 Å². The largest absolute Gasteiger partial charge is 0.489 e. The second kappa shape index (κ2) is 16.8. The topological polar surface area (TPSA) is 110 Å². The summed E-state index contributed by atoms with van der Waals surface area (Å²) in [5.74, 6) is 1.64. The Morgan fingerprint density at radius 1 is 0.558 bits per heavy atom. The maximum absolute atomic E-state index is 10.2. The molecule has 0 aliphatic carbocycles. The van der Waals surface area contributed by atoms with Gasteiger partial charge in [0, 0.05) is 43.4 Å². The molecule has 52 heavy (non-hydrogen) atoms. The van der Waals surface area contributed by atoms with E-state index in [0.29, 0.717) is 74.0 Å². The smallest absolute Gasteiger partial charge is 0.232 e. The molecule has 258 valence electrons. The molecule has 0 bridgehead atoms. The van der Waals surface area contributed by atoms with E-state index in [9.17, 15) is 10.5 Å². The summed E-state index contributed by atoms with van der Waals surface area (Å²) in [6.07, 6.45) is 0. The van der Waals surface area contributed by atoms with Gasteiger partial charge in [0.2, 0.25) is 11.8 Å². The Morgan fingerprint density at radius 3 is 1.65 bits per heavy atom. The molecule has 0 aliphatic rings. The maximum atomic E-state index is 10.2. The standard InChI is InChI=1S/C42H32Cl2N4O4/c1-3-49-41-29(25-45)23-35(40(48-41)28-15-19-31(44)20-16-28)33-10-6-8-12-39(33)52-22-21-51-38-11-7-5-9-32(38)34-24-37(27-13-17-30(43)18-14-27)47-42(50-4-2)36(34)26-46/h5-20,23-24H,3-4,21-22H2,1-2H3. The number of hydrogen-bond donors (Lipinski definition) is 0. The molecule has 0 unspecified atom stereocenters. The molecular formula is C42H32Cl2N4O4. The lowest BCUT2D eigenvalue weighted by molar-refractivity contribution is 0.218. The third-order valence-corrected chi connectivity index (χ3v) is 8.48. The molecule has 0 saturated heterocycles. The van der Waals surface area contributed by atoms with Crippen molar-refractivity contribution in [2.75, 3.05) is 26.4 Å². The highest BCUT2D eigenvalue weighted by atomic mass is 35.5. The van der Waals surface area contributed by atoms with Crippen LogP contribution in [0.2, 0.25) is 10.0 Å². The first-order chi connectivity index (χ1) is 25.4. The summed E-state index contributed by atoms with van der Waals surface area (Å²) in [5, 5.41) is 21.4. The van der Waals surface area contributed by atoms with E-state index >= 15 is 0 Å². The van der Waals surface area contributed by atoms with Crippen LogP contribution in [0.4, 0.5) is 0 Å². The zero-order valence-electron chi connectivity index (χ0n) is 28.4. The van der Waals surface area contributed by atoms with Crippen molar-refractivity contribution in [3.63, 3.8) is 0 Å². The molecule has 0 spiro atoms. The van der Waals surface area contributed by atoms with Crippen LogP contribution in [0.5, 0.6) is 23.3 Å². The minimum atomic E-state index is 0.190. The Kier molecular flexibility index (Phi) is 11.5. The van der Waals surface area contributed by atoms with E-state index < -0.39 is 0 Å². The highest BCUT2D eigenvalue weighted by Crippen LogP contribution is 2.40. The Balaban J connectivity index is 1.29. The molecule has 10 heteroatoms. The van der Waals surface area contributed by atoms with Gasteiger partial charge in [0.25, 0.3) is 0 Å². The number of rotatable bonds is 13. The van der Waals surface area contributed by atoms with Crippen molar-refractivity contribution in [2.45, 2.75) is 13.8 Å². The molecule has 2 aromatic heterocycles. The van der Waals surface area contributed by atoms with Crippen LogP contribution in [-0.4, -0.2) is 36.4 Å². The van der Waals surface area contributed by atoms with Crippen molar-refractivity contribution < 1.29 is 18.9 Å². The fourth-order valence-corrected chi connectivity index (χ4v) is 5.89. The van der Waals surface area contributed by atoms with Gasteiger partial charge in [-0.05, 0) is 62.4 Å². The molecule has 6 rings (SSSR count). The van der Waals surface area contributed by atoms with Crippen LogP contribution in [0.1, 0.15) is 25.0 Å². The average molecular weight is 728 g/mol. The molecule has 4 aromatic carbocycles. The molecule has 0 aliphatic heterocycles. The van der Waals surface area contributed by atoms with Gasteiger partial charge in [0.05, 0.1) is 24.6 Å². The average Bonchev–Trinajstić information content (AvgIpc) is 3.17. The number of nitrogens with zero attached hydrogens (tertiary/aromatic N) is 4. The molecule has 6 aromatic rings. The molecule has 0 atom stereocenters. The van der Waals surface area contributed by atoms with Gasteiger partial charge >= 0.3 is 0 Å². The Hall–Kier alpha value is -6.06. The molecule has 2 heterocycles. The lowest BCUT2D eigenvalue weighted by Crippen LogP contribution is -2.10. The normalized spacial score (nSPS) is 10.6. The van der Waals surface area contributed by atoms with Crippen LogP contribution < -0.4 is 18.9 Å². The summed E-state index contributed by atoms with van der Waals surface area (Å²) in [4.78, 5) is 9.44. The van der Waals surface area contributed by atoms with Crippen molar-refractivity contribution in [2.24, 2.45) is 0 Å². The van der Waals surface area contributed by atoms with Crippen molar-refractivity contribution >= 4 is 23.2 Å². The van der Waals surface area contributed by atoms with Crippen molar-refractivity contribution in [3.8, 4) is 80.2 Å². The third kappa shape index (κ3) is 7.95. The fraction of sp³-hybridized carbons (Fsp3) is 0.143. The van der Waals surface area contributed by atoms with Gasteiger partial charge in [0.1, 0.15) is 48.0 Å². The summed E-state index contributed by atoms with van der Waals surface area (Å²) in [6.45, 7) is 4.78. The molecule has 0 fully saturated rings. The Morgan fingerprint density at radius 2 is 1.10 bits per heavy atom. The first kappa shape index (κ1) is 35.8. The maximum Gasteiger partial charge on any atom is 0.232 e. The monoisotopic (exact) mass is 726 g/mol. The van der Waals surface area contributed by atoms with E-state index in [1.54, 1.807) is 30.3 Å². The second-order valence-corrected chi connectivity index (χ2v) is 12.1. The van der Waals surface area contributed by atoms with Crippen molar-refractivity contribution in [1.82, 2.24) is 9.97 Å². The van der Waals surface area contributed by atoms with E-state index in [4.69, 9.17) is 47.1 Å². The van der Waals surface area contributed by atoms with Gasteiger partial charge < -0.3 is 18.9 Å². The highest BCUT2D eigenvalue weighted by molar-refractivity contribution is 6.31. The minimum Gasteiger partial charge on any atom is -0.489 e. The first-order valence-electron chi connectivity index (χ1n) is 16.6. The minimum absolute atomic E-state index is 0.190. The summed E-state index contributed by atoms with van der Waals surface area (Å²) in [7, 11) is 0. The van der Waals surface area contributed by atoms with Crippen molar-refractivity contribution in [1.29, 1.82) is 10.5 Å². The van der Waals surface area contributed by atoms with Crippen LogP contribution in [0.25, 0.3) is 44.8 Å². The molecular weight excluding hydrogens is 695 g/mol. The number of aromatic nitrogens is 2. The van der Waals surface area contributed by atoms with E-state index in [0.717, 1.165) is 16.7 Å². The van der Waals surface area contributed by atoms with Crippen LogP contribution in [-0.2, 0) is 0 Å². The second-order valence-electron chi connectivity index (χ2n) is 11.3. The van der Waals surface area contributed by atoms with E-state index in [-0.39, 0.29) is 25.0 Å². The molecule has 0 radical (unpaired) electrons. The molecule has 0 saturated carbocycles. The highest BCUT2D eigenvalue weighted by Gasteiger charge is 2.21. The number of benzene rings is 4. The summed E-state index contributed by atoms with van der Waals surface area (Å²) in [6, 6.07) is 37.9. The van der Waals surface area contributed by atoms with Gasteiger partial charge in [-0.3, -0.25) is 0 Å². The number of hydrogen-bond acceptors (Lipinski definition) is 8. The molecule has 0 amide bonds. The van der Waals surface area contributed by atoms with E-state index in [2.05, 4.69) is 17.1 Å². The van der Waals surface area contributed by atoms with Gasteiger partial charge in [0.15, 0.2) is 0 Å². The fourth-order valence-electron chi connectivity index (χ4n) is 5.64. The molecule has 0 N–H and O–H groups in total. The number of halogens is 2. The predicted octanol–water partition coefficient (Wildman–Crippen LogP) is 10.4. The summed E-state index contributed by atoms with van der Waals surface area (Å²) in [5.41, 5.74) is 6.27. The SMILES string of the molecule is CCOc1nc(-c2ccc(Cl)cc2)c(-c2ccccc2OCCOc2ccccc2-c2cc(-c3ccc(Cl)cc3)nc(OCC)c2C#N)cc1C#N. The summed E-state index contributed by atoms with van der Waals surface area (Å²) >= 11 is 12.3. The van der Waals surface area contributed by atoms with Crippen LogP contribution in [0, 0.1) is 22.7 Å². The number of para-hydroxylation sites is 2. The lowest BCUT2D eigenvalue weighted by atomic mass is 9.97. The zero-order chi connectivity index (χ0) is 36.5. The van der Waals surface area contributed by atoms with E-state index in [1.807, 2.05) is 92.7 Å². The Bertz CT molecular complexity index is 2280.